The quantitative estimate of drug-likeness (QED) is 0.785. The van der Waals surface area contributed by atoms with E-state index in [4.69, 9.17) is 9.47 Å². The maximum Gasteiger partial charge on any atom is 0.410 e. The Labute approximate surface area is 164 Å². The molecular formula is C18H26N2O7S. The Morgan fingerprint density at radius 2 is 1.93 bits per heavy atom. The molecule has 0 bridgehead atoms. The van der Waals surface area contributed by atoms with Gasteiger partial charge in [-0.15, -0.1) is 0 Å². The molecule has 2 rings (SSSR count). The van der Waals surface area contributed by atoms with E-state index in [2.05, 4.69) is 0 Å². The van der Waals surface area contributed by atoms with Gasteiger partial charge in [-0.05, 0) is 32.9 Å². The van der Waals surface area contributed by atoms with Gasteiger partial charge in [-0.1, -0.05) is 0 Å². The first-order valence-electron chi connectivity index (χ1n) is 8.74. The minimum Gasteiger partial charge on any atom is -0.488 e. The number of sulfonamides is 1. The molecule has 0 radical (unpaired) electrons. The van der Waals surface area contributed by atoms with Gasteiger partial charge in [-0.2, -0.15) is 0 Å². The summed E-state index contributed by atoms with van der Waals surface area (Å²) < 4.78 is 35.8. The number of hydrogen-bond acceptors (Lipinski definition) is 6. The summed E-state index contributed by atoms with van der Waals surface area (Å²) in [6, 6.07) is 4.15. The Hall–Kier alpha value is -2.49. The predicted molar refractivity (Wildman–Crippen MR) is 103 cm³/mol. The summed E-state index contributed by atoms with van der Waals surface area (Å²) >= 11 is 0. The molecule has 1 unspecified atom stereocenters. The number of aromatic carboxylic acids is 1. The maximum absolute atomic E-state index is 12.1. The number of carboxylic acid groups (broad SMARTS) is 1. The van der Waals surface area contributed by atoms with Crippen molar-refractivity contribution in [2.45, 2.75) is 38.9 Å². The van der Waals surface area contributed by atoms with E-state index >= 15 is 0 Å². The molecule has 1 fully saturated rings. The molecule has 0 aromatic heterocycles. The monoisotopic (exact) mass is 414 g/mol. The highest BCUT2D eigenvalue weighted by atomic mass is 32.2. The third-order valence-electron chi connectivity index (χ3n) is 4.14. The Morgan fingerprint density at radius 3 is 2.46 bits per heavy atom. The molecule has 1 aliphatic heterocycles. The SMILES string of the molecule is CN(c1cc(OC2CCN(C(=O)OC(C)(C)C)C2)ccc1C(=O)O)S(C)(=O)=O. The molecule has 1 heterocycles. The first-order chi connectivity index (χ1) is 12.8. The zero-order valence-corrected chi connectivity index (χ0v) is 17.4. The van der Waals surface area contributed by atoms with Crippen LogP contribution in [-0.2, 0) is 14.8 Å². The Balaban J connectivity index is 2.15. The minimum absolute atomic E-state index is 0.00879. The molecule has 1 saturated heterocycles. The molecule has 0 spiro atoms. The molecular weight excluding hydrogens is 388 g/mol. The van der Waals surface area contributed by atoms with Crippen LogP contribution in [0.15, 0.2) is 18.2 Å². The second-order valence-electron chi connectivity index (χ2n) is 7.67. The van der Waals surface area contributed by atoms with Crippen molar-refractivity contribution in [2.24, 2.45) is 0 Å². The molecule has 1 aliphatic rings. The van der Waals surface area contributed by atoms with Crippen LogP contribution < -0.4 is 9.04 Å². The van der Waals surface area contributed by atoms with Crippen LogP contribution in [0.1, 0.15) is 37.6 Å². The third kappa shape index (κ3) is 5.51. The fraction of sp³-hybridized carbons (Fsp3) is 0.556. The molecule has 1 aromatic carbocycles. The largest absolute Gasteiger partial charge is 0.488 e. The number of likely N-dealkylation sites (tertiary alicyclic amines) is 1. The molecule has 0 aliphatic carbocycles. The lowest BCUT2D eigenvalue weighted by molar-refractivity contribution is 0.0275. The second-order valence-corrected chi connectivity index (χ2v) is 9.68. The van der Waals surface area contributed by atoms with Crippen molar-refractivity contribution in [2.75, 3.05) is 30.7 Å². The third-order valence-corrected chi connectivity index (χ3v) is 5.33. The zero-order chi connectivity index (χ0) is 21.3. The van der Waals surface area contributed by atoms with E-state index in [9.17, 15) is 23.1 Å². The summed E-state index contributed by atoms with van der Waals surface area (Å²) in [6.45, 7) is 6.17. The summed E-state index contributed by atoms with van der Waals surface area (Å²) in [4.78, 5) is 25.1. The van der Waals surface area contributed by atoms with Crippen molar-refractivity contribution in [3.63, 3.8) is 0 Å². The predicted octanol–water partition coefficient (Wildman–Crippen LogP) is 2.17. The summed E-state index contributed by atoms with van der Waals surface area (Å²) in [5, 5.41) is 9.32. The molecule has 1 aromatic rings. The van der Waals surface area contributed by atoms with Gasteiger partial charge in [0, 0.05) is 26.1 Å². The lowest BCUT2D eigenvalue weighted by atomic mass is 10.1. The number of benzene rings is 1. The fourth-order valence-electron chi connectivity index (χ4n) is 2.71. The summed E-state index contributed by atoms with van der Waals surface area (Å²) in [5.41, 5.74) is -0.732. The van der Waals surface area contributed by atoms with Crippen molar-refractivity contribution in [1.29, 1.82) is 0 Å². The molecule has 1 atom stereocenters. The summed E-state index contributed by atoms with van der Waals surface area (Å²) in [5.74, 6) is -0.916. The number of nitrogens with zero attached hydrogens (tertiary/aromatic N) is 2. The molecule has 28 heavy (non-hydrogen) atoms. The molecule has 9 nitrogen and oxygen atoms in total. The number of carbonyl (C=O) groups is 2. The number of amides is 1. The van der Waals surface area contributed by atoms with Gasteiger partial charge in [0.05, 0.1) is 24.1 Å². The van der Waals surface area contributed by atoms with Gasteiger partial charge in [0.25, 0.3) is 0 Å². The first kappa shape index (κ1) is 21.8. The van der Waals surface area contributed by atoms with Crippen LogP contribution in [-0.4, -0.2) is 68.6 Å². The standard InChI is InChI=1S/C18H26N2O7S/c1-18(2,3)27-17(23)20-9-8-13(11-20)26-12-6-7-14(16(21)22)15(10-12)19(4)28(5,24)25/h6-7,10,13H,8-9,11H2,1-5H3,(H,21,22). The molecule has 0 saturated carbocycles. The number of carbonyl (C=O) groups excluding carboxylic acids is 1. The number of ether oxygens (including phenoxy) is 2. The highest BCUT2D eigenvalue weighted by molar-refractivity contribution is 7.92. The summed E-state index contributed by atoms with van der Waals surface area (Å²) in [6.07, 6.45) is 0.843. The Bertz CT molecular complexity index is 861. The van der Waals surface area contributed by atoms with Gasteiger partial charge in [-0.25, -0.2) is 18.0 Å². The van der Waals surface area contributed by atoms with E-state index in [-0.39, 0.29) is 17.4 Å². The number of anilines is 1. The highest BCUT2D eigenvalue weighted by Gasteiger charge is 2.31. The van der Waals surface area contributed by atoms with Crippen LogP contribution in [0.3, 0.4) is 0 Å². The van der Waals surface area contributed by atoms with E-state index in [0.717, 1.165) is 10.6 Å². The maximum atomic E-state index is 12.1. The van der Waals surface area contributed by atoms with E-state index in [0.29, 0.717) is 25.3 Å². The summed E-state index contributed by atoms with van der Waals surface area (Å²) in [7, 11) is -2.37. The average Bonchev–Trinajstić information content (AvgIpc) is 3.00. The van der Waals surface area contributed by atoms with Crippen LogP contribution in [0.25, 0.3) is 0 Å². The van der Waals surface area contributed by atoms with Crippen LogP contribution in [0.2, 0.25) is 0 Å². The smallest absolute Gasteiger partial charge is 0.410 e. The normalized spacial score (nSPS) is 17.3. The van der Waals surface area contributed by atoms with E-state index in [1.54, 1.807) is 25.7 Å². The van der Waals surface area contributed by atoms with E-state index < -0.39 is 27.7 Å². The average molecular weight is 414 g/mol. The number of carboxylic acids is 1. The van der Waals surface area contributed by atoms with Gasteiger partial charge in [-0.3, -0.25) is 4.31 Å². The molecule has 1 N–H and O–H groups in total. The van der Waals surface area contributed by atoms with Gasteiger partial charge in [0.1, 0.15) is 17.5 Å². The van der Waals surface area contributed by atoms with Crippen molar-refractivity contribution in [3.8, 4) is 5.75 Å². The van der Waals surface area contributed by atoms with E-state index in [1.807, 2.05) is 0 Å². The van der Waals surface area contributed by atoms with E-state index in [1.165, 1.54) is 25.2 Å². The molecule has 156 valence electrons. The topological polar surface area (TPSA) is 113 Å². The number of hydrogen-bond donors (Lipinski definition) is 1. The molecule has 1 amide bonds. The Morgan fingerprint density at radius 1 is 1.29 bits per heavy atom. The van der Waals surface area contributed by atoms with Crippen molar-refractivity contribution in [1.82, 2.24) is 4.90 Å². The van der Waals surface area contributed by atoms with Gasteiger partial charge < -0.3 is 19.5 Å². The minimum atomic E-state index is -3.65. The van der Waals surface area contributed by atoms with Gasteiger partial charge in [0.15, 0.2) is 0 Å². The fourth-order valence-corrected chi connectivity index (χ4v) is 3.22. The second kappa shape index (κ2) is 7.86. The van der Waals surface area contributed by atoms with Crippen LogP contribution >= 0.6 is 0 Å². The lowest BCUT2D eigenvalue weighted by Gasteiger charge is -2.24. The van der Waals surface area contributed by atoms with Crippen LogP contribution in [0, 0.1) is 0 Å². The lowest BCUT2D eigenvalue weighted by Crippen LogP contribution is -2.36. The Kier molecular flexibility index (Phi) is 6.12. The van der Waals surface area contributed by atoms with Crippen molar-refractivity contribution >= 4 is 27.8 Å². The van der Waals surface area contributed by atoms with Gasteiger partial charge >= 0.3 is 12.1 Å². The molecule has 10 heteroatoms. The van der Waals surface area contributed by atoms with Crippen LogP contribution in [0.4, 0.5) is 10.5 Å². The van der Waals surface area contributed by atoms with Crippen molar-refractivity contribution < 1.29 is 32.6 Å². The number of rotatable bonds is 5. The zero-order valence-electron chi connectivity index (χ0n) is 16.6. The highest BCUT2D eigenvalue weighted by Crippen LogP contribution is 2.29. The first-order valence-corrected chi connectivity index (χ1v) is 10.6. The van der Waals surface area contributed by atoms with Gasteiger partial charge in [0.2, 0.25) is 10.0 Å². The van der Waals surface area contributed by atoms with Crippen LogP contribution in [0.5, 0.6) is 5.75 Å². The van der Waals surface area contributed by atoms with Crippen molar-refractivity contribution in [3.05, 3.63) is 23.8 Å².